The van der Waals surface area contributed by atoms with E-state index < -0.39 is 17.9 Å². The molecule has 4 atom stereocenters. The maximum atomic E-state index is 14.4. The molecule has 4 aliphatic rings. The summed E-state index contributed by atoms with van der Waals surface area (Å²) in [6, 6.07) is 5.25. The molecular formula is C30H44N4O4. The Hall–Kier alpha value is -2.45. The normalized spacial score (nSPS) is 27.1. The summed E-state index contributed by atoms with van der Waals surface area (Å²) < 4.78 is 5.93. The number of benzene rings is 1. The molecule has 1 saturated carbocycles. The molecule has 1 aromatic carbocycles. The lowest BCUT2D eigenvalue weighted by atomic mass is 9.79. The third kappa shape index (κ3) is 5.48. The number of ketones is 1. The van der Waals surface area contributed by atoms with E-state index >= 15 is 0 Å². The predicted molar refractivity (Wildman–Crippen MR) is 147 cm³/mol. The van der Waals surface area contributed by atoms with E-state index in [0.717, 1.165) is 57.7 Å². The van der Waals surface area contributed by atoms with Crippen LogP contribution in [0.25, 0.3) is 0 Å². The molecule has 2 amide bonds. The second-order valence-electron chi connectivity index (χ2n) is 13.0. The van der Waals surface area contributed by atoms with Gasteiger partial charge in [0.1, 0.15) is 12.6 Å². The van der Waals surface area contributed by atoms with E-state index in [1.807, 2.05) is 12.1 Å². The Morgan fingerprint density at radius 3 is 2.45 bits per heavy atom. The molecule has 8 nitrogen and oxygen atoms in total. The number of hydrogen-bond donors (Lipinski definition) is 1. The number of amides is 2. The summed E-state index contributed by atoms with van der Waals surface area (Å²) in [5, 5.41) is 0. The van der Waals surface area contributed by atoms with Crippen molar-refractivity contribution in [2.24, 2.45) is 23.0 Å². The van der Waals surface area contributed by atoms with Crippen molar-refractivity contribution < 1.29 is 19.1 Å². The van der Waals surface area contributed by atoms with Crippen molar-refractivity contribution in [1.29, 1.82) is 0 Å². The zero-order valence-electron chi connectivity index (χ0n) is 23.4. The molecule has 1 aromatic rings. The van der Waals surface area contributed by atoms with Gasteiger partial charge in [0.05, 0.1) is 12.0 Å². The number of rotatable bonds is 8. The minimum Gasteiger partial charge on any atom is -0.369 e. The van der Waals surface area contributed by atoms with Crippen molar-refractivity contribution in [2.75, 3.05) is 50.8 Å². The molecule has 3 saturated heterocycles. The van der Waals surface area contributed by atoms with E-state index in [2.05, 4.69) is 37.5 Å². The largest absolute Gasteiger partial charge is 0.369 e. The number of Topliss-reactive ketones (excluding diaryl/α,β-unsaturated/α-hetero) is 1. The van der Waals surface area contributed by atoms with Crippen molar-refractivity contribution in [3.8, 4) is 0 Å². The van der Waals surface area contributed by atoms with E-state index in [1.165, 1.54) is 0 Å². The second-order valence-corrected chi connectivity index (χ2v) is 13.0. The topological polar surface area (TPSA) is 96.2 Å². The standard InChI is InChI=1S/C30H44N4O4/c1-5-10-32-11-13-33(14-12-32)20-8-9-21(28(31)36)22(15-20)23(16-30(2,3)4)29(37)34-17-24(19-6-7-19)27-26(34)25(35)18-38-27/h8-9,15,19,23-24,26-27H,5-7,10-14,16-18H2,1-4H3,(H2,31,36)/t23-,24+,26+,27+/m0/s1. The molecule has 0 spiro atoms. The van der Waals surface area contributed by atoms with E-state index in [9.17, 15) is 14.4 Å². The number of ether oxygens (including phenoxy) is 1. The first-order chi connectivity index (χ1) is 18.1. The SMILES string of the molecule is CCCN1CCN(c2ccc(C(N)=O)c([C@H](CC(C)(C)C)C(=O)N3C[C@H](C4CC4)[C@H]4OCC(=O)[C@H]43)c2)CC1. The van der Waals surface area contributed by atoms with Gasteiger partial charge in [0.15, 0.2) is 5.78 Å². The smallest absolute Gasteiger partial charge is 0.249 e. The quantitative estimate of drug-likeness (QED) is 0.562. The van der Waals surface area contributed by atoms with Crippen molar-refractivity contribution >= 4 is 23.3 Å². The Balaban J connectivity index is 1.48. The summed E-state index contributed by atoms with van der Waals surface area (Å²) in [5.41, 5.74) is 7.78. The first-order valence-electron chi connectivity index (χ1n) is 14.4. The van der Waals surface area contributed by atoms with Crippen LogP contribution in [0, 0.1) is 17.3 Å². The summed E-state index contributed by atoms with van der Waals surface area (Å²) in [4.78, 5) is 46.6. The lowest BCUT2D eigenvalue weighted by Crippen LogP contribution is -2.46. The number of primary amides is 1. The summed E-state index contributed by atoms with van der Waals surface area (Å²) >= 11 is 0. The fourth-order valence-electron chi connectivity index (χ4n) is 6.81. The number of likely N-dealkylation sites (tertiary alicyclic amines) is 1. The molecule has 0 bridgehead atoms. The molecule has 4 fully saturated rings. The Kier molecular flexibility index (Phi) is 7.57. The van der Waals surface area contributed by atoms with Crippen LogP contribution in [0.1, 0.15) is 75.2 Å². The van der Waals surface area contributed by atoms with Crippen molar-refractivity contribution in [3.63, 3.8) is 0 Å². The van der Waals surface area contributed by atoms with Crippen LogP contribution in [0.15, 0.2) is 18.2 Å². The average molecular weight is 525 g/mol. The van der Waals surface area contributed by atoms with Gasteiger partial charge in [-0.15, -0.1) is 0 Å². The first-order valence-corrected chi connectivity index (χ1v) is 14.4. The Labute approximate surface area is 226 Å². The number of nitrogens with two attached hydrogens (primary N) is 1. The van der Waals surface area contributed by atoms with Gasteiger partial charge >= 0.3 is 0 Å². The maximum Gasteiger partial charge on any atom is 0.249 e. The molecule has 0 radical (unpaired) electrons. The minimum atomic E-state index is -0.564. The van der Waals surface area contributed by atoms with Crippen LogP contribution < -0.4 is 10.6 Å². The van der Waals surface area contributed by atoms with Gasteiger partial charge in [0, 0.05) is 49.9 Å². The lowest BCUT2D eigenvalue weighted by molar-refractivity contribution is -0.138. The summed E-state index contributed by atoms with van der Waals surface area (Å²) in [5.74, 6) is -0.429. The van der Waals surface area contributed by atoms with E-state index in [-0.39, 0.29) is 35.7 Å². The summed E-state index contributed by atoms with van der Waals surface area (Å²) in [7, 11) is 0. The van der Waals surface area contributed by atoms with Crippen LogP contribution in [-0.4, -0.2) is 85.4 Å². The molecule has 5 rings (SSSR count). The van der Waals surface area contributed by atoms with Gasteiger partial charge in [-0.2, -0.15) is 0 Å². The number of anilines is 1. The van der Waals surface area contributed by atoms with Gasteiger partial charge in [-0.1, -0.05) is 27.7 Å². The average Bonchev–Trinajstić information content (AvgIpc) is 3.54. The maximum absolute atomic E-state index is 14.4. The molecule has 38 heavy (non-hydrogen) atoms. The van der Waals surface area contributed by atoms with Gasteiger partial charge in [0.25, 0.3) is 0 Å². The van der Waals surface area contributed by atoms with Gasteiger partial charge in [0.2, 0.25) is 11.8 Å². The molecule has 8 heteroatoms. The fraction of sp³-hybridized carbons (Fsp3) is 0.700. The molecule has 1 aliphatic carbocycles. The Morgan fingerprint density at radius 2 is 1.84 bits per heavy atom. The van der Waals surface area contributed by atoms with Crippen LogP contribution in [0.5, 0.6) is 0 Å². The Morgan fingerprint density at radius 1 is 1.13 bits per heavy atom. The zero-order valence-corrected chi connectivity index (χ0v) is 23.4. The fourth-order valence-corrected chi connectivity index (χ4v) is 6.81. The van der Waals surface area contributed by atoms with Crippen LogP contribution in [0.4, 0.5) is 5.69 Å². The molecule has 208 valence electrons. The highest BCUT2D eigenvalue weighted by atomic mass is 16.5. The van der Waals surface area contributed by atoms with Crippen molar-refractivity contribution in [1.82, 2.24) is 9.80 Å². The summed E-state index contributed by atoms with van der Waals surface area (Å²) in [6.07, 6.45) is 3.77. The molecule has 2 N–H and O–H groups in total. The molecule has 0 unspecified atom stereocenters. The molecular weight excluding hydrogens is 480 g/mol. The van der Waals surface area contributed by atoms with Crippen LogP contribution in [0.3, 0.4) is 0 Å². The highest BCUT2D eigenvalue weighted by molar-refractivity contribution is 5.99. The lowest BCUT2D eigenvalue weighted by Gasteiger charge is -2.37. The van der Waals surface area contributed by atoms with Gasteiger partial charge in [-0.05, 0) is 67.3 Å². The number of fused-ring (bicyclic) bond motifs is 1. The van der Waals surface area contributed by atoms with E-state index in [0.29, 0.717) is 30.0 Å². The number of piperazine rings is 1. The van der Waals surface area contributed by atoms with E-state index in [4.69, 9.17) is 10.5 Å². The minimum absolute atomic E-state index is 0.00478. The van der Waals surface area contributed by atoms with Crippen LogP contribution in [-0.2, 0) is 14.3 Å². The first kappa shape index (κ1) is 27.1. The number of carbonyl (C=O) groups is 3. The highest BCUT2D eigenvalue weighted by Crippen LogP contribution is 2.47. The number of nitrogens with zero attached hydrogens (tertiary/aromatic N) is 3. The molecule has 0 aromatic heterocycles. The Bertz CT molecular complexity index is 1070. The monoisotopic (exact) mass is 524 g/mol. The van der Waals surface area contributed by atoms with Crippen molar-refractivity contribution in [3.05, 3.63) is 29.3 Å². The third-order valence-electron chi connectivity index (χ3n) is 8.80. The van der Waals surface area contributed by atoms with E-state index in [1.54, 1.807) is 11.0 Å². The third-order valence-corrected chi connectivity index (χ3v) is 8.80. The second kappa shape index (κ2) is 10.6. The zero-order chi connectivity index (χ0) is 27.2. The van der Waals surface area contributed by atoms with Crippen molar-refractivity contribution in [2.45, 2.75) is 71.4 Å². The molecule has 3 aliphatic heterocycles. The van der Waals surface area contributed by atoms with Crippen LogP contribution in [0.2, 0.25) is 0 Å². The number of carbonyl (C=O) groups excluding carboxylic acids is 3. The predicted octanol–water partition coefficient (Wildman–Crippen LogP) is 3.04. The van der Waals surface area contributed by atoms with Gasteiger partial charge in [-0.3, -0.25) is 19.3 Å². The van der Waals surface area contributed by atoms with Crippen LogP contribution >= 0.6 is 0 Å². The highest BCUT2D eigenvalue weighted by Gasteiger charge is 2.56. The number of hydrogen-bond acceptors (Lipinski definition) is 6. The van der Waals surface area contributed by atoms with Gasteiger partial charge < -0.3 is 20.3 Å². The molecule has 3 heterocycles. The van der Waals surface area contributed by atoms with Gasteiger partial charge in [-0.25, -0.2) is 0 Å². The summed E-state index contributed by atoms with van der Waals surface area (Å²) in [6.45, 7) is 14.1.